The van der Waals surface area contributed by atoms with Crippen molar-refractivity contribution < 1.29 is 14.4 Å². The van der Waals surface area contributed by atoms with E-state index >= 15 is 0 Å². The van der Waals surface area contributed by atoms with Gasteiger partial charge in [-0.2, -0.15) is 0 Å². The number of benzene rings is 3. The van der Waals surface area contributed by atoms with Crippen LogP contribution in [0.2, 0.25) is 0 Å². The van der Waals surface area contributed by atoms with E-state index < -0.39 is 17.3 Å². The molecule has 32 heavy (non-hydrogen) atoms. The Kier molecular flexibility index (Phi) is 3.89. The van der Waals surface area contributed by atoms with Crippen LogP contribution in [0.4, 0.5) is 5.69 Å². The number of imide groups is 1. The summed E-state index contributed by atoms with van der Waals surface area (Å²) in [6, 6.07) is 23.5. The van der Waals surface area contributed by atoms with E-state index in [4.69, 9.17) is 0 Å². The number of hydrogen-bond donors (Lipinski definition) is 0. The van der Waals surface area contributed by atoms with Gasteiger partial charge in [0.25, 0.3) is 0 Å². The van der Waals surface area contributed by atoms with E-state index in [-0.39, 0.29) is 23.5 Å². The lowest BCUT2D eigenvalue weighted by Gasteiger charge is -2.54. The Hall–Kier alpha value is -3.53. The van der Waals surface area contributed by atoms with Gasteiger partial charge in [-0.15, -0.1) is 0 Å². The molecule has 4 heteroatoms. The molecule has 2 amide bonds. The monoisotopic (exact) mass is 421 g/mol. The van der Waals surface area contributed by atoms with Gasteiger partial charge in [0.15, 0.2) is 5.78 Å². The highest BCUT2D eigenvalue weighted by Gasteiger charge is 2.67. The number of rotatable bonds is 3. The first-order valence-corrected chi connectivity index (χ1v) is 11.2. The normalized spacial score (nSPS) is 27.2. The number of Topliss-reactive ketones (excluding diaryl/α,β-unsaturated/α-hetero) is 1. The third-order valence-corrected chi connectivity index (χ3v) is 7.86. The fourth-order valence-electron chi connectivity index (χ4n) is 6.65. The van der Waals surface area contributed by atoms with E-state index in [1.807, 2.05) is 24.3 Å². The minimum absolute atomic E-state index is 0.0896. The van der Waals surface area contributed by atoms with Gasteiger partial charge in [0.05, 0.1) is 17.5 Å². The van der Waals surface area contributed by atoms with Crippen molar-refractivity contribution in [1.29, 1.82) is 0 Å². The molecular weight excluding hydrogens is 398 g/mol. The molecule has 3 aliphatic carbocycles. The van der Waals surface area contributed by atoms with E-state index in [9.17, 15) is 14.4 Å². The van der Waals surface area contributed by atoms with Crippen LogP contribution in [-0.4, -0.2) is 17.6 Å². The highest BCUT2D eigenvalue weighted by atomic mass is 16.2. The van der Waals surface area contributed by atoms with Crippen molar-refractivity contribution in [2.75, 3.05) is 4.90 Å². The quantitative estimate of drug-likeness (QED) is 0.449. The Morgan fingerprint density at radius 3 is 2.09 bits per heavy atom. The predicted octanol–water partition coefficient (Wildman–Crippen LogP) is 4.85. The topological polar surface area (TPSA) is 54.5 Å². The third-order valence-electron chi connectivity index (χ3n) is 7.86. The van der Waals surface area contributed by atoms with Crippen LogP contribution in [0.25, 0.3) is 0 Å². The summed E-state index contributed by atoms with van der Waals surface area (Å²) in [6.45, 7) is 3.61. The number of nitrogens with zero attached hydrogens (tertiary/aromatic N) is 1. The summed E-state index contributed by atoms with van der Waals surface area (Å²) in [6.07, 6.45) is 0.731. The standard InChI is InChI=1S/C28H23NO3/c1-3-28-21-13-6-4-11-19(21)23(20-12-5-7-14-22(20)28)24-25(28)27(32)29(26(24)31)18-10-8-9-17(15-18)16(2)30/h4-15,23-25H,3H2,1-2H3/t23?,24-,25+,28?/m1/s1. The molecule has 4 nitrogen and oxygen atoms in total. The van der Waals surface area contributed by atoms with Gasteiger partial charge in [-0.25, -0.2) is 4.90 Å². The Morgan fingerprint density at radius 1 is 0.875 bits per heavy atom. The van der Waals surface area contributed by atoms with Gasteiger partial charge in [-0.05, 0) is 47.7 Å². The summed E-state index contributed by atoms with van der Waals surface area (Å²) in [5.74, 6) is -1.43. The van der Waals surface area contributed by atoms with Gasteiger partial charge in [0, 0.05) is 16.9 Å². The lowest BCUT2D eigenvalue weighted by atomic mass is 9.46. The Bertz CT molecular complexity index is 1280. The number of carbonyl (C=O) groups is 3. The molecule has 0 unspecified atom stereocenters. The highest BCUT2D eigenvalue weighted by molar-refractivity contribution is 6.24. The average Bonchev–Trinajstić information content (AvgIpc) is 3.10. The summed E-state index contributed by atoms with van der Waals surface area (Å²) < 4.78 is 0. The number of anilines is 1. The van der Waals surface area contributed by atoms with Crippen molar-refractivity contribution in [1.82, 2.24) is 0 Å². The summed E-state index contributed by atoms with van der Waals surface area (Å²) >= 11 is 0. The van der Waals surface area contributed by atoms with Crippen molar-refractivity contribution >= 4 is 23.3 Å². The first kappa shape index (κ1) is 19.2. The van der Waals surface area contributed by atoms with Crippen molar-refractivity contribution in [3.63, 3.8) is 0 Å². The molecule has 3 aromatic rings. The van der Waals surface area contributed by atoms with Crippen molar-refractivity contribution in [3.05, 3.63) is 101 Å². The zero-order valence-electron chi connectivity index (χ0n) is 18.0. The van der Waals surface area contributed by atoms with E-state index in [1.54, 1.807) is 24.3 Å². The van der Waals surface area contributed by atoms with Gasteiger partial charge in [0.2, 0.25) is 11.8 Å². The minimum Gasteiger partial charge on any atom is -0.295 e. The molecule has 0 saturated carbocycles. The van der Waals surface area contributed by atoms with E-state index in [2.05, 4.69) is 31.2 Å². The summed E-state index contributed by atoms with van der Waals surface area (Å²) in [5.41, 5.74) is 5.12. The number of hydrogen-bond acceptors (Lipinski definition) is 3. The molecular formula is C28H23NO3. The van der Waals surface area contributed by atoms with E-state index in [1.165, 1.54) is 23.0 Å². The molecule has 158 valence electrons. The largest absolute Gasteiger partial charge is 0.295 e. The Balaban J connectivity index is 1.61. The zero-order valence-corrected chi connectivity index (χ0v) is 18.0. The second-order valence-electron chi connectivity index (χ2n) is 9.10. The Morgan fingerprint density at radius 2 is 1.50 bits per heavy atom. The Labute approximate surface area is 186 Å². The molecule has 7 rings (SSSR count). The van der Waals surface area contributed by atoms with Crippen LogP contribution in [0.3, 0.4) is 0 Å². The second-order valence-corrected chi connectivity index (χ2v) is 9.10. The maximum atomic E-state index is 14.0. The van der Waals surface area contributed by atoms with E-state index in [0.717, 1.165) is 17.5 Å². The fourth-order valence-corrected chi connectivity index (χ4v) is 6.65. The molecule has 1 saturated heterocycles. The van der Waals surface area contributed by atoms with Crippen LogP contribution >= 0.6 is 0 Å². The van der Waals surface area contributed by atoms with Crippen LogP contribution in [0.15, 0.2) is 72.8 Å². The van der Waals surface area contributed by atoms with Crippen LogP contribution in [0.1, 0.15) is 58.8 Å². The van der Waals surface area contributed by atoms with Gasteiger partial charge in [-0.1, -0.05) is 67.6 Å². The van der Waals surface area contributed by atoms with Crippen LogP contribution in [0, 0.1) is 11.8 Å². The van der Waals surface area contributed by atoms with Crippen LogP contribution in [-0.2, 0) is 15.0 Å². The maximum absolute atomic E-state index is 14.0. The van der Waals surface area contributed by atoms with Crippen molar-refractivity contribution in [3.8, 4) is 0 Å². The predicted molar refractivity (Wildman–Crippen MR) is 122 cm³/mol. The first-order valence-electron chi connectivity index (χ1n) is 11.2. The minimum atomic E-state index is -0.535. The molecule has 0 radical (unpaired) electrons. The molecule has 0 spiro atoms. The van der Waals surface area contributed by atoms with Gasteiger partial charge in [-0.3, -0.25) is 14.4 Å². The van der Waals surface area contributed by atoms with Crippen LogP contribution in [0.5, 0.6) is 0 Å². The van der Waals surface area contributed by atoms with Crippen molar-refractivity contribution in [2.24, 2.45) is 11.8 Å². The summed E-state index contributed by atoms with van der Waals surface area (Å²) in [7, 11) is 0. The molecule has 4 aliphatic rings. The molecule has 2 atom stereocenters. The second kappa shape index (κ2) is 6.49. The first-order chi connectivity index (χ1) is 15.5. The third kappa shape index (κ3) is 2.15. The molecule has 0 N–H and O–H groups in total. The lowest BCUT2D eigenvalue weighted by molar-refractivity contribution is -0.123. The fraction of sp³-hybridized carbons (Fsp3) is 0.250. The van der Waals surface area contributed by atoms with Gasteiger partial charge >= 0.3 is 0 Å². The lowest BCUT2D eigenvalue weighted by Crippen LogP contribution is -2.53. The smallest absolute Gasteiger partial charge is 0.238 e. The van der Waals surface area contributed by atoms with E-state index in [0.29, 0.717) is 11.3 Å². The molecule has 1 fully saturated rings. The van der Waals surface area contributed by atoms with Gasteiger partial charge < -0.3 is 0 Å². The zero-order chi connectivity index (χ0) is 22.2. The maximum Gasteiger partial charge on any atom is 0.238 e. The average molecular weight is 421 g/mol. The van der Waals surface area contributed by atoms with Gasteiger partial charge in [0.1, 0.15) is 0 Å². The molecule has 1 aliphatic heterocycles. The molecule has 1 heterocycles. The summed E-state index contributed by atoms with van der Waals surface area (Å²) in [5, 5.41) is 0. The van der Waals surface area contributed by atoms with Crippen molar-refractivity contribution in [2.45, 2.75) is 31.6 Å². The highest BCUT2D eigenvalue weighted by Crippen LogP contribution is 2.65. The molecule has 3 aromatic carbocycles. The molecule has 2 bridgehead atoms. The number of ketones is 1. The molecule has 0 aromatic heterocycles. The SMILES string of the molecule is CCC12c3ccccc3C(c3ccccc31)[C@H]1C(=O)N(c3cccc(C(C)=O)c3)C(=O)[C@H]12. The number of carbonyl (C=O) groups excluding carboxylic acids is 3. The van der Waals surface area contributed by atoms with Crippen LogP contribution < -0.4 is 4.90 Å². The number of amides is 2. The summed E-state index contributed by atoms with van der Waals surface area (Å²) in [4.78, 5) is 41.2.